The van der Waals surface area contributed by atoms with Crippen molar-refractivity contribution in [3.8, 4) is 0 Å². The van der Waals surface area contributed by atoms with Gasteiger partial charge < -0.3 is 5.32 Å². The lowest BCUT2D eigenvalue weighted by atomic mass is 10.2. The Labute approximate surface area is 155 Å². The molecular formula is C17H13Cl3N4. The van der Waals surface area contributed by atoms with Crippen LogP contribution in [0.5, 0.6) is 0 Å². The summed E-state index contributed by atoms with van der Waals surface area (Å²) >= 11 is 17.2. The number of aromatic nitrogens is 3. The van der Waals surface area contributed by atoms with Crippen molar-refractivity contribution in [3.05, 3.63) is 82.3 Å². The molecule has 1 aromatic heterocycles. The van der Waals surface area contributed by atoms with Crippen LogP contribution in [0.2, 0.25) is 15.6 Å². The Kier molecular flexibility index (Phi) is 7.00. The molecule has 0 saturated heterocycles. The van der Waals surface area contributed by atoms with Gasteiger partial charge in [0.05, 0.1) is 10.7 Å². The third-order valence-corrected chi connectivity index (χ3v) is 3.40. The molecule has 4 nitrogen and oxygen atoms in total. The molecule has 24 heavy (non-hydrogen) atoms. The number of nitrogens with one attached hydrogen (secondary N) is 1. The predicted molar refractivity (Wildman–Crippen MR) is 101 cm³/mol. The van der Waals surface area contributed by atoms with Gasteiger partial charge in [-0.2, -0.15) is 15.0 Å². The zero-order chi connectivity index (χ0) is 17.4. The molecule has 0 aliphatic rings. The Balaban J connectivity index is 0.000000219. The van der Waals surface area contributed by atoms with Gasteiger partial charge in [-0.1, -0.05) is 66.7 Å². The lowest BCUT2D eigenvalue weighted by molar-refractivity contribution is 1.05. The van der Waals surface area contributed by atoms with E-state index >= 15 is 0 Å². The zero-order valence-corrected chi connectivity index (χ0v) is 14.7. The van der Waals surface area contributed by atoms with Gasteiger partial charge in [0.15, 0.2) is 0 Å². The Morgan fingerprint density at radius 1 is 0.792 bits per heavy atom. The van der Waals surface area contributed by atoms with Crippen LogP contribution in [0.3, 0.4) is 0 Å². The summed E-state index contributed by atoms with van der Waals surface area (Å²) in [6.07, 6.45) is 1.83. The highest BCUT2D eigenvalue weighted by molar-refractivity contribution is 6.33. The van der Waals surface area contributed by atoms with E-state index < -0.39 is 0 Å². The standard InChI is InChI=1S/C9H5Cl3N4.C8H8/c10-5-3-1-2-4-6(5)13-9-15-7(11)14-8(12)16-9;1-2-8-6-4-3-5-7-8/h1-4H,(H,13,14,15,16);2-7H,1H2. The van der Waals surface area contributed by atoms with E-state index in [0.717, 1.165) is 0 Å². The molecule has 0 bridgehead atoms. The summed E-state index contributed by atoms with van der Waals surface area (Å²) in [4.78, 5) is 11.4. The van der Waals surface area contributed by atoms with Gasteiger partial charge in [-0.3, -0.25) is 0 Å². The summed E-state index contributed by atoms with van der Waals surface area (Å²) in [5, 5.41) is 3.49. The Morgan fingerprint density at radius 3 is 1.92 bits per heavy atom. The van der Waals surface area contributed by atoms with Crippen LogP contribution in [0.25, 0.3) is 6.08 Å². The number of hydrogen-bond acceptors (Lipinski definition) is 4. The summed E-state index contributed by atoms with van der Waals surface area (Å²) in [5.41, 5.74) is 1.84. The third-order valence-electron chi connectivity index (χ3n) is 2.74. The summed E-state index contributed by atoms with van der Waals surface area (Å²) in [7, 11) is 0. The molecule has 1 heterocycles. The quantitative estimate of drug-likeness (QED) is 0.615. The lowest BCUT2D eigenvalue weighted by Crippen LogP contribution is -1.99. The fourth-order valence-corrected chi connectivity index (χ4v) is 2.20. The van der Waals surface area contributed by atoms with Gasteiger partial charge in [-0.25, -0.2) is 0 Å². The number of halogens is 3. The van der Waals surface area contributed by atoms with Crippen molar-refractivity contribution in [1.29, 1.82) is 0 Å². The monoisotopic (exact) mass is 378 g/mol. The van der Waals surface area contributed by atoms with E-state index in [2.05, 4.69) is 26.8 Å². The van der Waals surface area contributed by atoms with E-state index in [0.29, 0.717) is 10.7 Å². The SMILES string of the molecule is C=Cc1ccccc1.Clc1nc(Cl)nc(Nc2ccccc2Cl)n1. The average molecular weight is 380 g/mol. The molecule has 1 N–H and O–H groups in total. The number of rotatable bonds is 3. The van der Waals surface area contributed by atoms with Crippen LogP contribution in [0.4, 0.5) is 11.6 Å². The Morgan fingerprint density at radius 2 is 1.38 bits per heavy atom. The van der Waals surface area contributed by atoms with Crippen LogP contribution in [0.1, 0.15) is 5.56 Å². The van der Waals surface area contributed by atoms with Gasteiger partial charge in [-0.15, -0.1) is 0 Å². The van der Waals surface area contributed by atoms with Gasteiger partial charge in [0.25, 0.3) is 0 Å². The minimum Gasteiger partial charge on any atom is -0.323 e. The number of para-hydroxylation sites is 1. The summed E-state index contributed by atoms with van der Waals surface area (Å²) < 4.78 is 0. The summed E-state index contributed by atoms with van der Waals surface area (Å²) in [6, 6.07) is 17.2. The minimum absolute atomic E-state index is 0.0227. The van der Waals surface area contributed by atoms with Crippen molar-refractivity contribution < 1.29 is 0 Å². The molecule has 0 aliphatic heterocycles. The van der Waals surface area contributed by atoms with Crippen molar-refractivity contribution >= 4 is 52.5 Å². The molecule has 122 valence electrons. The van der Waals surface area contributed by atoms with Gasteiger partial charge >= 0.3 is 0 Å². The number of benzene rings is 2. The molecule has 0 amide bonds. The maximum absolute atomic E-state index is 5.95. The van der Waals surface area contributed by atoms with Crippen molar-refractivity contribution in [2.75, 3.05) is 5.32 Å². The molecule has 0 spiro atoms. The van der Waals surface area contributed by atoms with Crippen LogP contribution in [0.15, 0.2) is 61.2 Å². The highest BCUT2D eigenvalue weighted by Crippen LogP contribution is 2.23. The van der Waals surface area contributed by atoms with Crippen LogP contribution in [-0.4, -0.2) is 15.0 Å². The first-order valence-electron chi connectivity index (χ1n) is 6.84. The molecule has 2 aromatic carbocycles. The predicted octanol–water partition coefficient (Wildman–Crippen LogP) is 5.91. The highest BCUT2D eigenvalue weighted by atomic mass is 35.5. The second kappa shape index (κ2) is 9.23. The Hall–Kier alpha value is -2.14. The van der Waals surface area contributed by atoms with Gasteiger partial charge in [0, 0.05) is 0 Å². The van der Waals surface area contributed by atoms with E-state index in [4.69, 9.17) is 34.8 Å². The van der Waals surface area contributed by atoms with Crippen LogP contribution in [-0.2, 0) is 0 Å². The Bertz CT molecular complexity index is 790. The maximum Gasteiger partial charge on any atom is 0.232 e. The van der Waals surface area contributed by atoms with Gasteiger partial charge in [-0.05, 0) is 40.9 Å². The molecular weight excluding hydrogens is 367 g/mol. The van der Waals surface area contributed by atoms with Crippen LogP contribution >= 0.6 is 34.8 Å². The van der Waals surface area contributed by atoms with E-state index in [9.17, 15) is 0 Å². The van der Waals surface area contributed by atoms with E-state index in [1.807, 2.05) is 48.5 Å². The lowest BCUT2D eigenvalue weighted by Gasteiger charge is -2.06. The molecule has 0 fully saturated rings. The topological polar surface area (TPSA) is 50.7 Å². The normalized spacial score (nSPS) is 9.62. The van der Waals surface area contributed by atoms with Gasteiger partial charge in [0.2, 0.25) is 16.5 Å². The largest absolute Gasteiger partial charge is 0.323 e. The third kappa shape index (κ3) is 5.81. The minimum atomic E-state index is 0.0227. The molecule has 7 heteroatoms. The molecule has 0 atom stereocenters. The summed E-state index contributed by atoms with van der Waals surface area (Å²) in [6.45, 7) is 3.63. The molecule has 0 radical (unpaired) electrons. The first kappa shape index (κ1) is 18.2. The van der Waals surface area contributed by atoms with Crippen molar-refractivity contribution in [3.63, 3.8) is 0 Å². The van der Waals surface area contributed by atoms with Crippen LogP contribution < -0.4 is 5.32 Å². The first-order chi connectivity index (χ1) is 11.6. The molecule has 3 aromatic rings. The molecule has 3 rings (SSSR count). The number of nitrogens with zero attached hydrogens (tertiary/aromatic N) is 3. The summed E-state index contributed by atoms with van der Waals surface area (Å²) in [5.74, 6) is 0.248. The fourth-order valence-electron chi connectivity index (χ4n) is 1.65. The van der Waals surface area contributed by atoms with Crippen molar-refractivity contribution in [1.82, 2.24) is 15.0 Å². The molecule has 0 unspecified atom stereocenters. The smallest absolute Gasteiger partial charge is 0.232 e. The van der Waals surface area contributed by atoms with E-state index in [1.54, 1.807) is 12.1 Å². The van der Waals surface area contributed by atoms with E-state index in [-0.39, 0.29) is 16.5 Å². The number of hydrogen-bond donors (Lipinski definition) is 1. The second-order valence-electron chi connectivity index (χ2n) is 4.42. The van der Waals surface area contributed by atoms with Crippen LogP contribution in [0, 0.1) is 0 Å². The average Bonchev–Trinajstić information content (AvgIpc) is 2.57. The van der Waals surface area contributed by atoms with E-state index in [1.165, 1.54) is 5.56 Å². The van der Waals surface area contributed by atoms with Crippen molar-refractivity contribution in [2.24, 2.45) is 0 Å². The van der Waals surface area contributed by atoms with Gasteiger partial charge in [0.1, 0.15) is 0 Å². The number of anilines is 2. The second-order valence-corrected chi connectivity index (χ2v) is 5.50. The highest BCUT2D eigenvalue weighted by Gasteiger charge is 2.05. The maximum atomic E-state index is 5.95. The first-order valence-corrected chi connectivity index (χ1v) is 7.98. The van der Waals surface area contributed by atoms with Crippen molar-refractivity contribution in [2.45, 2.75) is 0 Å². The fraction of sp³-hybridized carbons (Fsp3) is 0. The molecule has 0 saturated carbocycles. The molecule has 0 aliphatic carbocycles. The zero-order valence-electron chi connectivity index (χ0n) is 12.5.